The number of carboxylic acid groups (broad SMARTS) is 1. The van der Waals surface area contributed by atoms with Gasteiger partial charge in [0.2, 0.25) is 18.1 Å². The summed E-state index contributed by atoms with van der Waals surface area (Å²) in [6.45, 7) is -0.0234. The second-order valence-electron chi connectivity index (χ2n) is 14.0. The fraction of sp³-hybridized carbons (Fsp3) is 0.310. The summed E-state index contributed by atoms with van der Waals surface area (Å²) < 4.78 is 21.8. The van der Waals surface area contributed by atoms with Gasteiger partial charge in [-0.1, -0.05) is 58.4 Å². The normalized spacial score (nSPS) is 20.8. The number of carbonyl (C=O) groups excluding carboxylic acids is 4. The van der Waals surface area contributed by atoms with Crippen LogP contribution in [0.5, 0.6) is 11.5 Å². The molecule has 61 heavy (non-hydrogen) atoms. The van der Waals surface area contributed by atoms with Crippen molar-refractivity contribution in [2.45, 2.75) is 49.7 Å². The molecular formula is C42H42BrClN4O13. The minimum absolute atomic E-state index is 0.0134. The highest BCUT2D eigenvalue weighted by Crippen LogP contribution is 2.45. The highest BCUT2D eigenvalue weighted by Gasteiger charge is 2.48. The Morgan fingerprint density at radius 3 is 2.34 bits per heavy atom. The van der Waals surface area contributed by atoms with E-state index in [4.69, 9.17) is 30.5 Å². The summed E-state index contributed by atoms with van der Waals surface area (Å²) in [5.74, 6) is -2.21. The van der Waals surface area contributed by atoms with Gasteiger partial charge < -0.3 is 54.9 Å². The van der Waals surface area contributed by atoms with E-state index in [-0.39, 0.29) is 60.0 Å². The Morgan fingerprint density at radius 2 is 1.66 bits per heavy atom. The van der Waals surface area contributed by atoms with Crippen molar-refractivity contribution in [1.29, 1.82) is 0 Å². The average molecular weight is 926 g/mol. The maximum atomic E-state index is 13.6. The molecule has 0 spiro atoms. The number of aliphatic carboxylic acids is 1. The van der Waals surface area contributed by atoms with Crippen molar-refractivity contribution in [3.05, 3.63) is 95.6 Å². The number of ether oxygens (including phenoxy) is 4. The van der Waals surface area contributed by atoms with Crippen LogP contribution in [0.25, 0.3) is 16.8 Å². The molecule has 19 heteroatoms. The smallest absolute Gasteiger partial charge is 0.411 e. The number of halogens is 2. The maximum Gasteiger partial charge on any atom is 0.411 e. The van der Waals surface area contributed by atoms with E-state index in [0.717, 1.165) is 16.5 Å². The Hall–Kier alpha value is -5.76. The Bertz CT molecular complexity index is 2310. The van der Waals surface area contributed by atoms with Crippen LogP contribution in [-0.2, 0) is 35.3 Å². The minimum Gasteiger partial charge on any atom is -0.497 e. The Morgan fingerprint density at radius 1 is 0.918 bits per heavy atom. The number of carbonyl (C=O) groups is 5. The highest BCUT2D eigenvalue weighted by atomic mass is 79.9. The van der Waals surface area contributed by atoms with Gasteiger partial charge in [0.1, 0.15) is 36.4 Å². The average Bonchev–Trinajstić information content (AvgIpc) is 3.64. The van der Waals surface area contributed by atoms with Crippen LogP contribution in [0.4, 0.5) is 21.9 Å². The van der Waals surface area contributed by atoms with E-state index in [1.54, 1.807) is 36.3 Å². The van der Waals surface area contributed by atoms with Crippen LogP contribution in [0, 0.1) is 0 Å². The summed E-state index contributed by atoms with van der Waals surface area (Å²) >= 11 is 9.46. The Balaban J connectivity index is 1.21. The van der Waals surface area contributed by atoms with Gasteiger partial charge in [-0.25, -0.2) is 9.59 Å². The lowest BCUT2D eigenvalue weighted by atomic mass is 9.95. The molecule has 1 unspecified atom stereocenters. The lowest BCUT2D eigenvalue weighted by molar-refractivity contribution is -0.271. The van der Waals surface area contributed by atoms with Crippen LogP contribution in [-0.4, -0.2) is 112 Å². The van der Waals surface area contributed by atoms with Gasteiger partial charge >= 0.3 is 12.1 Å². The molecule has 6 atom stereocenters. The zero-order valence-corrected chi connectivity index (χ0v) is 34.8. The van der Waals surface area contributed by atoms with Gasteiger partial charge in [-0.05, 0) is 58.5 Å². The predicted octanol–water partition coefficient (Wildman–Crippen LogP) is 4.09. The number of aliphatic hydroxyl groups excluding tert-OH is 3. The molecule has 0 aliphatic carbocycles. The molecular weight excluding hydrogens is 884 g/mol. The lowest BCUT2D eigenvalue weighted by Gasteiger charge is -2.38. The Labute approximate surface area is 362 Å². The van der Waals surface area contributed by atoms with Crippen molar-refractivity contribution in [1.82, 2.24) is 5.32 Å². The van der Waals surface area contributed by atoms with Gasteiger partial charge in [-0.3, -0.25) is 19.7 Å². The van der Waals surface area contributed by atoms with Crippen LogP contribution in [0.15, 0.2) is 78.9 Å². The Kier molecular flexibility index (Phi) is 14.8. The molecule has 17 nitrogen and oxygen atoms in total. The molecule has 322 valence electrons. The van der Waals surface area contributed by atoms with Crippen LogP contribution < -0.4 is 30.3 Å². The van der Waals surface area contributed by atoms with E-state index in [2.05, 4.69) is 31.9 Å². The van der Waals surface area contributed by atoms with Crippen molar-refractivity contribution >= 4 is 91.2 Å². The van der Waals surface area contributed by atoms with Gasteiger partial charge in [0.15, 0.2) is 6.10 Å². The first-order chi connectivity index (χ1) is 29.3. The van der Waals surface area contributed by atoms with Crippen LogP contribution in [0.2, 0.25) is 0 Å². The van der Waals surface area contributed by atoms with Gasteiger partial charge in [0.05, 0.1) is 29.5 Å². The number of anilines is 3. The molecule has 7 N–H and O–H groups in total. The summed E-state index contributed by atoms with van der Waals surface area (Å²) in [4.78, 5) is 64.9. The molecule has 0 saturated carbocycles. The number of methoxy groups -OCH3 is 1. The van der Waals surface area contributed by atoms with E-state index in [0.29, 0.717) is 34.6 Å². The van der Waals surface area contributed by atoms with Gasteiger partial charge in [0, 0.05) is 42.8 Å². The summed E-state index contributed by atoms with van der Waals surface area (Å²) in [5.41, 5.74) is 2.94. The maximum absolute atomic E-state index is 13.6. The number of rotatable bonds is 15. The standard InChI is InChI=1S/C42H42BrClN4O13/c1-58-25-10-6-22(7-11-25)9-13-34(51)48-20-24(19-44)35-27-5-3-2-4-26(27)28(17-30(35)48)47-42(57)59-21-23-8-12-31(29(16-23)46-32(49)14-15-45-33(50)18-43)60-41-38(54)36(52)37(53)39(61-41)40(55)56/h2-13,16-17,24,36-39,41,52-54H,14-15,18-21H2,1H3,(H,45,50)(H,46,49)(H,47,57)(H,55,56)/t24?,36-,37-,38+,39-,41+/m0/s1. The number of carboxylic acids is 1. The summed E-state index contributed by atoms with van der Waals surface area (Å²) in [6.07, 6.45) is -7.38. The van der Waals surface area contributed by atoms with E-state index in [1.807, 2.05) is 36.4 Å². The second-order valence-corrected chi connectivity index (χ2v) is 14.8. The number of hydrogen-bond donors (Lipinski definition) is 7. The van der Waals surface area contributed by atoms with Crippen molar-refractivity contribution in [2.24, 2.45) is 0 Å². The molecule has 1 saturated heterocycles. The quantitative estimate of drug-likeness (QED) is 0.0658. The molecule has 0 aromatic heterocycles. The molecule has 2 heterocycles. The third kappa shape index (κ3) is 10.6. The molecule has 4 aromatic rings. The number of nitrogens with one attached hydrogen (secondary N) is 3. The van der Waals surface area contributed by atoms with Gasteiger partial charge in [-0.15, -0.1) is 11.6 Å². The largest absolute Gasteiger partial charge is 0.497 e. The van der Waals surface area contributed by atoms with E-state index in [1.165, 1.54) is 24.3 Å². The summed E-state index contributed by atoms with van der Waals surface area (Å²) in [6, 6.07) is 20.5. The van der Waals surface area contributed by atoms with E-state index >= 15 is 0 Å². The number of alkyl halides is 2. The molecule has 4 aromatic carbocycles. The van der Waals surface area contributed by atoms with Crippen LogP contribution in [0.1, 0.15) is 29.0 Å². The third-order valence-corrected chi connectivity index (χ3v) is 10.8. The van der Waals surface area contributed by atoms with Crippen molar-refractivity contribution < 1.29 is 63.3 Å². The molecule has 0 radical (unpaired) electrons. The predicted molar refractivity (Wildman–Crippen MR) is 227 cm³/mol. The first-order valence-electron chi connectivity index (χ1n) is 18.8. The number of aliphatic hydroxyl groups is 3. The van der Waals surface area contributed by atoms with Crippen molar-refractivity contribution in [3.63, 3.8) is 0 Å². The number of hydrogen-bond acceptors (Lipinski definition) is 12. The molecule has 2 aliphatic rings. The zero-order valence-electron chi connectivity index (χ0n) is 32.5. The highest BCUT2D eigenvalue weighted by molar-refractivity contribution is 9.09. The van der Waals surface area contributed by atoms with E-state index in [9.17, 15) is 44.4 Å². The van der Waals surface area contributed by atoms with E-state index < -0.39 is 48.7 Å². The fourth-order valence-electron chi connectivity index (χ4n) is 6.87. The summed E-state index contributed by atoms with van der Waals surface area (Å²) in [5, 5.41) is 49.8. The fourth-order valence-corrected chi connectivity index (χ4v) is 7.32. The first-order valence-corrected chi connectivity index (χ1v) is 20.5. The van der Waals surface area contributed by atoms with Gasteiger partial charge in [-0.2, -0.15) is 0 Å². The van der Waals surface area contributed by atoms with Crippen molar-refractivity contribution in [3.8, 4) is 11.5 Å². The number of fused-ring (bicyclic) bond motifs is 3. The summed E-state index contributed by atoms with van der Waals surface area (Å²) in [7, 11) is 1.57. The zero-order chi connectivity index (χ0) is 43.8. The first kappa shape index (κ1) is 44.8. The lowest BCUT2D eigenvalue weighted by Crippen LogP contribution is -2.61. The van der Waals surface area contributed by atoms with Crippen LogP contribution >= 0.6 is 27.5 Å². The molecule has 1 fully saturated rings. The molecule has 4 amide bonds. The van der Waals surface area contributed by atoms with Gasteiger partial charge in [0.25, 0.3) is 5.91 Å². The number of benzene rings is 4. The SMILES string of the molecule is COc1ccc(C=CC(=O)N2CC(CCl)c3c2cc(NC(=O)OCc2ccc(O[C@@H]4O[C@H](C(=O)O)[C@@H](O)[C@H](O)[C@H]4O)c(NC(=O)CCNC(=O)CBr)c2)c2ccccc32)cc1. The van der Waals surface area contributed by atoms with Crippen molar-refractivity contribution in [2.75, 3.05) is 46.9 Å². The molecule has 6 rings (SSSR count). The molecule has 0 bridgehead atoms. The molecule has 2 aliphatic heterocycles. The third-order valence-electron chi connectivity index (χ3n) is 9.93. The number of amides is 4. The topological polar surface area (TPSA) is 243 Å². The second kappa shape index (κ2) is 20.2. The minimum atomic E-state index is -1.96. The monoisotopic (exact) mass is 924 g/mol. The number of nitrogens with zero attached hydrogens (tertiary/aromatic N) is 1. The van der Waals surface area contributed by atoms with Crippen LogP contribution in [0.3, 0.4) is 0 Å².